The minimum absolute atomic E-state index is 0.0342. The molecule has 4 bridgehead atoms. The zero-order valence-corrected chi connectivity index (χ0v) is 32.1. The maximum atomic E-state index is 13.8. The van der Waals surface area contributed by atoms with Crippen LogP contribution in [0.4, 0.5) is 10.8 Å². The number of carboxylic acid groups (broad SMARTS) is 1. The number of amides is 1. The second-order valence-electron chi connectivity index (χ2n) is 17.4. The lowest BCUT2D eigenvalue weighted by Crippen LogP contribution is -2.64. The predicted molar refractivity (Wildman–Crippen MR) is 210 cm³/mol. The summed E-state index contributed by atoms with van der Waals surface area (Å²) in [6.45, 7) is 9.96. The number of hydrogen-bond acceptors (Lipinski definition) is 9. The number of hydrogen-bond donors (Lipinski definition) is 3. The highest BCUT2D eigenvalue weighted by atomic mass is 32.1. The molecular weight excluding hydrogens is 699 g/mol. The number of para-hydroxylation sites is 1. The Balaban J connectivity index is 1.00. The van der Waals surface area contributed by atoms with Crippen molar-refractivity contribution in [2.75, 3.05) is 29.9 Å². The third-order valence-corrected chi connectivity index (χ3v) is 13.6. The van der Waals surface area contributed by atoms with Gasteiger partial charge in [-0.1, -0.05) is 61.6 Å². The maximum absolute atomic E-state index is 13.8. The molecule has 2 aromatic heterocycles. The summed E-state index contributed by atoms with van der Waals surface area (Å²) >= 11 is 1.45. The van der Waals surface area contributed by atoms with Gasteiger partial charge in [0.1, 0.15) is 5.82 Å². The number of carboxylic acids is 1. The third-order valence-electron chi connectivity index (χ3n) is 12.7. The first-order valence-electron chi connectivity index (χ1n) is 19.2. The van der Waals surface area contributed by atoms with Crippen LogP contribution >= 0.6 is 11.3 Å². The number of ether oxygens (including phenoxy) is 1. The second-order valence-corrected chi connectivity index (χ2v) is 18.4. The molecule has 3 atom stereocenters. The fraction of sp³-hybridized carbons (Fsp3) is 0.476. The number of aromatic nitrogens is 3. The highest BCUT2D eigenvalue weighted by molar-refractivity contribution is 7.22. The number of aliphatic carboxylic acids is 1. The fourth-order valence-corrected chi connectivity index (χ4v) is 12.8. The number of nitrogens with two attached hydrogens (primary N) is 1. The van der Waals surface area contributed by atoms with Crippen molar-refractivity contribution in [3.05, 3.63) is 95.1 Å². The molecule has 4 heterocycles. The summed E-state index contributed by atoms with van der Waals surface area (Å²) in [6, 6.07) is 12.8. The van der Waals surface area contributed by atoms with E-state index in [1.807, 2.05) is 59.6 Å². The molecule has 282 valence electrons. The highest BCUT2D eigenvalue weighted by Crippen LogP contribution is 2.72. The van der Waals surface area contributed by atoms with E-state index >= 15 is 0 Å². The molecule has 6 aliphatic rings. The molecule has 3 unspecified atom stereocenters. The van der Waals surface area contributed by atoms with Crippen LogP contribution in [0.2, 0.25) is 0 Å². The van der Waals surface area contributed by atoms with Crippen molar-refractivity contribution in [1.29, 1.82) is 0 Å². The molecule has 4 N–H and O–H groups in total. The molecule has 2 aliphatic heterocycles. The van der Waals surface area contributed by atoms with Crippen LogP contribution in [0.15, 0.2) is 72.7 Å². The van der Waals surface area contributed by atoms with Crippen LogP contribution in [0.3, 0.4) is 0 Å². The SMILES string of the molecule is Cc1c(N2C(N3CCc4cccc(C(=O)Nc5nc6ccccc6s5)c4C3)=CC=CC2C(=O)O)cnn1CC12CC3(C)CC(C)(C1)CC(OCCN)(C3)C2. The van der Waals surface area contributed by atoms with Gasteiger partial charge in [-0.25, -0.2) is 9.78 Å². The monoisotopic (exact) mass is 747 g/mol. The van der Waals surface area contributed by atoms with Crippen LogP contribution in [-0.2, 0) is 29.0 Å². The van der Waals surface area contributed by atoms with Gasteiger partial charge >= 0.3 is 5.97 Å². The number of nitrogens with one attached hydrogen (secondary N) is 1. The number of benzene rings is 2. The van der Waals surface area contributed by atoms with Crippen molar-refractivity contribution in [2.24, 2.45) is 22.0 Å². The highest BCUT2D eigenvalue weighted by Gasteiger charge is 2.66. The number of carbonyl (C=O) groups excluding carboxylic acids is 1. The Kier molecular flexibility index (Phi) is 8.33. The summed E-state index contributed by atoms with van der Waals surface area (Å²) in [5, 5.41) is 19.2. The number of nitrogens with zero attached hydrogens (tertiary/aromatic N) is 5. The quantitative estimate of drug-likeness (QED) is 0.159. The van der Waals surface area contributed by atoms with Crippen molar-refractivity contribution in [3.8, 4) is 0 Å². The van der Waals surface area contributed by atoms with E-state index in [0.717, 1.165) is 83.6 Å². The lowest BCUT2D eigenvalue weighted by atomic mass is 9.39. The number of fused-ring (bicyclic) bond motifs is 2. The van der Waals surface area contributed by atoms with Crippen LogP contribution < -0.4 is 16.0 Å². The molecule has 4 saturated carbocycles. The third kappa shape index (κ3) is 6.02. The smallest absolute Gasteiger partial charge is 0.330 e. The average Bonchev–Trinajstić information content (AvgIpc) is 3.69. The van der Waals surface area contributed by atoms with Crippen molar-refractivity contribution >= 4 is 44.2 Å². The van der Waals surface area contributed by atoms with E-state index in [0.29, 0.717) is 36.9 Å². The van der Waals surface area contributed by atoms with Crippen molar-refractivity contribution < 1.29 is 19.4 Å². The summed E-state index contributed by atoms with van der Waals surface area (Å²) in [5.41, 5.74) is 11.5. The number of thiazole rings is 1. The molecule has 12 heteroatoms. The first kappa shape index (κ1) is 35.2. The molecule has 4 fully saturated rings. The topological polar surface area (TPSA) is 139 Å². The average molecular weight is 748 g/mol. The Morgan fingerprint density at radius 2 is 1.85 bits per heavy atom. The van der Waals surface area contributed by atoms with E-state index in [1.54, 1.807) is 6.08 Å². The van der Waals surface area contributed by atoms with E-state index in [4.69, 9.17) is 15.6 Å². The molecule has 0 saturated heterocycles. The summed E-state index contributed by atoms with van der Waals surface area (Å²) in [5.74, 6) is -0.355. The maximum Gasteiger partial charge on any atom is 0.330 e. The number of anilines is 2. The molecule has 4 aromatic rings. The molecule has 11 nitrogen and oxygen atoms in total. The fourth-order valence-electron chi connectivity index (χ4n) is 11.9. The van der Waals surface area contributed by atoms with Crippen LogP contribution in [0.25, 0.3) is 10.2 Å². The zero-order valence-electron chi connectivity index (χ0n) is 31.3. The molecule has 0 radical (unpaired) electrons. The van der Waals surface area contributed by atoms with Gasteiger partial charge in [-0.05, 0) is 104 Å². The molecule has 0 spiro atoms. The van der Waals surface area contributed by atoms with Gasteiger partial charge in [-0.3, -0.25) is 14.8 Å². The standard InChI is InChI=1S/C42H49N7O4S/c1-27-33(18-44-48(27)26-41-21-39(2)20-40(3,22-41)24-42(23-39,25-41)53-17-15-43)49-32(37(51)52)11-7-13-35(49)47-16-14-28-8-6-9-29(30(28)19-47)36(50)46-38-45-31-10-4-5-12-34(31)54-38/h4-13,18,32H,14-17,19-26,43H2,1-3H3,(H,51,52)(H,45,46,50). The van der Waals surface area contributed by atoms with Gasteiger partial charge in [0.25, 0.3) is 5.91 Å². The van der Waals surface area contributed by atoms with E-state index < -0.39 is 12.0 Å². The van der Waals surface area contributed by atoms with Gasteiger partial charge in [0.15, 0.2) is 11.2 Å². The van der Waals surface area contributed by atoms with Crippen LogP contribution in [0, 0.1) is 23.2 Å². The summed E-state index contributed by atoms with van der Waals surface area (Å²) in [7, 11) is 0. The lowest BCUT2D eigenvalue weighted by Gasteiger charge is -2.69. The largest absolute Gasteiger partial charge is 0.479 e. The molecular formula is C42H49N7O4S. The number of allylic oxidation sites excluding steroid dienone is 2. The first-order valence-corrected chi connectivity index (χ1v) is 20.0. The van der Waals surface area contributed by atoms with Gasteiger partial charge in [-0.2, -0.15) is 5.10 Å². The van der Waals surface area contributed by atoms with Gasteiger partial charge in [0, 0.05) is 31.7 Å². The van der Waals surface area contributed by atoms with Crippen molar-refractivity contribution in [1.82, 2.24) is 19.7 Å². The number of rotatable bonds is 10. The van der Waals surface area contributed by atoms with Gasteiger partial charge in [0.2, 0.25) is 0 Å². The van der Waals surface area contributed by atoms with E-state index in [-0.39, 0.29) is 27.8 Å². The van der Waals surface area contributed by atoms with Gasteiger partial charge < -0.3 is 25.4 Å². The van der Waals surface area contributed by atoms with Gasteiger partial charge in [0.05, 0.1) is 40.0 Å². The Bertz CT molecular complexity index is 2170. The molecule has 2 aromatic carbocycles. The minimum atomic E-state index is -0.932. The van der Waals surface area contributed by atoms with E-state index in [9.17, 15) is 14.7 Å². The van der Waals surface area contributed by atoms with E-state index in [1.165, 1.54) is 17.8 Å². The van der Waals surface area contributed by atoms with Crippen molar-refractivity contribution in [2.45, 2.75) is 90.4 Å². The van der Waals surface area contributed by atoms with Gasteiger partial charge in [-0.15, -0.1) is 0 Å². The number of carbonyl (C=O) groups is 2. The Labute approximate surface area is 319 Å². The van der Waals surface area contributed by atoms with Crippen LogP contribution in [0.5, 0.6) is 0 Å². The van der Waals surface area contributed by atoms with Crippen LogP contribution in [-0.4, -0.2) is 68.0 Å². The first-order chi connectivity index (χ1) is 25.9. The van der Waals surface area contributed by atoms with Crippen LogP contribution in [0.1, 0.15) is 79.6 Å². The summed E-state index contributed by atoms with van der Waals surface area (Å²) in [4.78, 5) is 35.4. The van der Waals surface area contributed by atoms with Crippen molar-refractivity contribution in [3.63, 3.8) is 0 Å². The molecule has 10 rings (SSSR count). The predicted octanol–water partition coefficient (Wildman–Crippen LogP) is 6.88. The molecule has 54 heavy (non-hydrogen) atoms. The normalized spacial score (nSPS) is 29.8. The van der Waals surface area contributed by atoms with E-state index in [2.05, 4.69) is 46.7 Å². The summed E-state index contributed by atoms with van der Waals surface area (Å²) < 4.78 is 9.79. The Morgan fingerprint density at radius 3 is 2.61 bits per heavy atom. The second kappa shape index (κ2) is 12.8. The Hall–Kier alpha value is -4.52. The zero-order chi connectivity index (χ0) is 37.5. The molecule has 1 amide bonds. The Morgan fingerprint density at radius 1 is 1.06 bits per heavy atom. The minimum Gasteiger partial charge on any atom is -0.479 e. The molecule has 4 aliphatic carbocycles. The lowest BCUT2D eigenvalue weighted by molar-refractivity contribution is -0.247. The summed E-state index contributed by atoms with van der Waals surface area (Å²) in [6.07, 6.45) is 14.8.